The highest BCUT2D eigenvalue weighted by molar-refractivity contribution is 4.89. The van der Waals surface area contributed by atoms with Gasteiger partial charge in [-0.05, 0) is 59.0 Å². The van der Waals surface area contributed by atoms with Gasteiger partial charge in [0.25, 0.3) is 0 Å². The number of rotatable bonds is 6. The molecule has 3 nitrogen and oxygen atoms in total. The fourth-order valence-electron chi connectivity index (χ4n) is 3.14. The maximum atomic E-state index is 6.11. The van der Waals surface area contributed by atoms with Crippen molar-refractivity contribution in [2.45, 2.75) is 72.0 Å². The molecule has 0 aromatic heterocycles. The highest BCUT2D eigenvalue weighted by Gasteiger charge is 2.37. The quantitative estimate of drug-likeness (QED) is 0.754. The fraction of sp³-hybridized carbons (Fsp3) is 1.00. The van der Waals surface area contributed by atoms with Crippen molar-refractivity contribution in [1.29, 1.82) is 0 Å². The molecule has 0 unspecified atom stereocenters. The molecule has 2 N–H and O–H groups in total. The van der Waals surface area contributed by atoms with Crippen LogP contribution in [-0.4, -0.2) is 42.3 Å². The van der Waals surface area contributed by atoms with E-state index in [0.29, 0.717) is 5.41 Å². The van der Waals surface area contributed by atoms with E-state index >= 15 is 0 Å². The molecule has 19 heavy (non-hydrogen) atoms. The lowest BCUT2D eigenvalue weighted by molar-refractivity contribution is -0.180. The highest BCUT2D eigenvalue weighted by atomic mass is 16.5. The van der Waals surface area contributed by atoms with Crippen LogP contribution in [0.3, 0.4) is 0 Å². The molecule has 3 heteroatoms. The van der Waals surface area contributed by atoms with Gasteiger partial charge >= 0.3 is 0 Å². The summed E-state index contributed by atoms with van der Waals surface area (Å²) in [5, 5.41) is 0. The summed E-state index contributed by atoms with van der Waals surface area (Å²) in [6.07, 6.45) is 3.75. The van der Waals surface area contributed by atoms with Gasteiger partial charge in [-0.3, -0.25) is 4.90 Å². The number of hydrogen-bond donors (Lipinski definition) is 1. The highest BCUT2D eigenvalue weighted by Crippen LogP contribution is 2.28. The molecule has 0 amide bonds. The molecule has 0 aliphatic carbocycles. The summed E-state index contributed by atoms with van der Waals surface area (Å²) in [7, 11) is 0. The maximum Gasteiger partial charge on any atom is 0.0760 e. The van der Waals surface area contributed by atoms with E-state index in [2.05, 4.69) is 46.4 Å². The Balaban J connectivity index is 2.33. The molecule has 1 aliphatic rings. The number of nitrogens with zero attached hydrogens (tertiary/aromatic N) is 1. The van der Waals surface area contributed by atoms with E-state index in [4.69, 9.17) is 10.5 Å². The second kappa shape index (κ2) is 6.11. The molecule has 1 rings (SSSR count). The molecule has 1 saturated heterocycles. The van der Waals surface area contributed by atoms with Crippen molar-refractivity contribution in [3.63, 3.8) is 0 Å². The van der Waals surface area contributed by atoms with Gasteiger partial charge in [0.2, 0.25) is 0 Å². The second-order valence-electron chi connectivity index (χ2n) is 8.16. The predicted molar refractivity (Wildman–Crippen MR) is 82.4 cm³/mol. The maximum absolute atomic E-state index is 6.11. The lowest BCUT2D eigenvalue weighted by Gasteiger charge is -2.47. The zero-order valence-corrected chi connectivity index (χ0v) is 13.9. The Labute approximate surface area is 119 Å². The lowest BCUT2D eigenvalue weighted by Crippen LogP contribution is -2.57. The Morgan fingerprint density at radius 3 is 2.05 bits per heavy atom. The zero-order chi connectivity index (χ0) is 14.7. The summed E-state index contributed by atoms with van der Waals surface area (Å²) in [4.78, 5) is 2.55. The van der Waals surface area contributed by atoms with Crippen molar-refractivity contribution in [3.8, 4) is 0 Å². The fourth-order valence-corrected chi connectivity index (χ4v) is 3.14. The standard InChI is InChI=1S/C16H34N2O/c1-14(2,11-17)9-7-8-10-18-12-15(3,4)19-16(5,6)13-18/h7-13,17H2,1-6H3. The van der Waals surface area contributed by atoms with Gasteiger partial charge in [0.05, 0.1) is 11.2 Å². The molecule has 0 radical (unpaired) electrons. The smallest absolute Gasteiger partial charge is 0.0760 e. The molecule has 1 heterocycles. The van der Waals surface area contributed by atoms with Gasteiger partial charge < -0.3 is 10.5 Å². The molecular weight excluding hydrogens is 236 g/mol. The third-order valence-electron chi connectivity index (χ3n) is 3.89. The SMILES string of the molecule is CC(C)(CN)CCCCN1CC(C)(C)OC(C)(C)C1. The van der Waals surface area contributed by atoms with Crippen molar-refractivity contribution < 1.29 is 4.74 Å². The molecule has 0 spiro atoms. The van der Waals surface area contributed by atoms with Crippen LogP contribution in [0.1, 0.15) is 60.8 Å². The third kappa shape index (κ3) is 6.24. The average molecular weight is 270 g/mol. The van der Waals surface area contributed by atoms with E-state index in [1.165, 1.54) is 25.8 Å². The first kappa shape index (κ1) is 16.9. The van der Waals surface area contributed by atoms with Gasteiger partial charge in [-0.15, -0.1) is 0 Å². The molecule has 1 fully saturated rings. The largest absolute Gasteiger partial charge is 0.367 e. The van der Waals surface area contributed by atoms with Crippen molar-refractivity contribution in [3.05, 3.63) is 0 Å². The van der Waals surface area contributed by atoms with Gasteiger partial charge in [-0.2, -0.15) is 0 Å². The average Bonchev–Trinajstić information content (AvgIpc) is 2.20. The van der Waals surface area contributed by atoms with Crippen LogP contribution in [0.25, 0.3) is 0 Å². The minimum Gasteiger partial charge on any atom is -0.367 e. The number of nitrogens with two attached hydrogens (primary N) is 1. The first-order chi connectivity index (χ1) is 8.55. The van der Waals surface area contributed by atoms with Crippen LogP contribution in [0.4, 0.5) is 0 Å². The Morgan fingerprint density at radius 2 is 1.58 bits per heavy atom. The number of morpholine rings is 1. The number of ether oxygens (including phenoxy) is 1. The minimum absolute atomic E-state index is 0.0295. The summed E-state index contributed by atoms with van der Waals surface area (Å²) in [5.74, 6) is 0. The molecule has 0 aromatic rings. The molecule has 1 aliphatic heterocycles. The van der Waals surface area contributed by atoms with Gasteiger partial charge in [0, 0.05) is 13.1 Å². The van der Waals surface area contributed by atoms with Gasteiger partial charge in [0.15, 0.2) is 0 Å². The molecule has 0 atom stereocenters. The topological polar surface area (TPSA) is 38.5 Å². The van der Waals surface area contributed by atoms with Crippen molar-refractivity contribution >= 4 is 0 Å². The van der Waals surface area contributed by atoms with Crippen molar-refractivity contribution in [1.82, 2.24) is 4.90 Å². The van der Waals surface area contributed by atoms with Crippen LogP contribution in [-0.2, 0) is 4.74 Å². The van der Waals surface area contributed by atoms with E-state index < -0.39 is 0 Å². The first-order valence-corrected chi connectivity index (χ1v) is 7.68. The molecular formula is C16H34N2O. The summed E-state index contributed by atoms with van der Waals surface area (Å²) < 4.78 is 6.11. The van der Waals surface area contributed by atoms with Gasteiger partial charge in [0.1, 0.15) is 0 Å². The van der Waals surface area contributed by atoms with E-state index in [0.717, 1.165) is 19.6 Å². The summed E-state index contributed by atoms with van der Waals surface area (Å²) in [5.41, 5.74) is 6.01. The number of hydrogen-bond acceptors (Lipinski definition) is 3. The summed E-state index contributed by atoms with van der Waals surface area (Å²) in [6.45, 7) is 17.3. The van der Waals surface area contributed by atoms with Crippen LogP contribution in [0.15, 0.2) is 0 Å². The Morgan fingerprint density at radius 1 is 1.05 bits per heavy atom. The van der Waals surface area contributed by atoms with Gasteiger partial charge in [-0.25, -0.2) is 0 Å². The van der Waals surface area contributed by atoms with Crippen LogP contribution in [0.2, 0.25) is 0 Å². The third-order valence-corrected chi connectivity index (χ3v) is 3.89. The zero-order valence-electron chi connectivity index (χ0n) is 13.9. The molecule has 0 bridgehead atoms. The van der Waals surface area contributed by atoms with E-state index in [1.807, 2.05) is 0 Å². The Kier molecular flexibility index (Phi) is 5.44. The number of unbranched alkanes of at least 4 members (excludes halogenated alkanes) is 1. The monoisotopic (exact) mass is 270 g/mol. The van der Waals surface area contributed by atoms with Gasteiger partial charge in [-0.1, -0.05) is 20.3 Å². The summed E-state index contributed by atoms with van der Waals surface area (Å²) in [6, 6.07) is 0. The van der Waals surface area contributed by atoms with E-state index in [1.54, 1.807) is 0 Å². The van der Waals surface area contributed by atoms with Crippen LogP contribution in [0, 0.1) is 5.41 Å². The lowest BCUT2D eigenvalue weighted by atomic mass is 9.87. The molecule has 0 aromatic carbocycles. The van der Waals surface area contributed by atoms with Crippen LogP contribution < -0.4 is 5.73 Å². The molecule has 0 saturated carbocycles. The Hall–Kier alpha value is -0.120. The predicted octanol–water partition coefficient (Wildman–Crippen LogP) is 3.03. The normalized spacial score (nSPS) is 23.5. The van der Waals surface area contributed by atoms with Crippen LogP contribution in [0.5, 0.6) is 0 Å². The van der Waals surface area contributed by atoms with E-state index in [9.17, 15) is 0 Å². The minimum atomic E-state index is -0.0295. The first-order valence-electron chi connectivity index (χ1n) is 7.68. The Bertz CT molecular complexity index is 268. The van der Waals surface area contributed by atoms with Crippen molar-refractivity contribution in [2.24, 2.45) is 11.1 Å². The van der Waals surface area contributed by atoms with Crippen molar-refractivity contribution in [2.75, 3.05) is 26.2 Å². The van der Waals surface area contributed by atoms with Crippen LogP contribution >= 0.6 is 0 Å². The summed E-state index contributed by atoms with van der Waals surface area (Å²) >= 11 is 0. The second-order valence-corrected chi connectivity index (χ2v) is 8.16. The van der Waals surface area contributed by atoms with E-state index in [-0.39, 0.29) is 11.2 Å². The molecule has 114 valence electrons.